The second-order valence-electron chi connectivity index (χ2n) is 5.75. The Balaban J connectivity index is 2.05. The molecule has 0 fully saturated rings. The number of carbonyl (C=O) groups is 1. The minimum absolute atomic E-state index is 0.550. The van der Waals surface area contributed by atoms with Gasteiger partial charge in [0, 0.05) is 18.7 Å². The first-order valence-electron chi connectivity index (χ1n) is 7.56. The van der Waals surface area contributed by atoms with Crippen LogP contribution in [0, 0.1) is 3.57 Å². The lowest BCUT2D eigenvalue weighted by atomic mass is 9.84. The summed E-state index contributed by atoms with van der Waals surface area (Å²) in [6, 6.07) is 2.19. The highest BCUT2D eigenvalue weighted by Crippen LogP contribution is 2.43. The normalized spacial score (nSPS) is 21.0. The molecule has 0 saturated heterocycles. The third-order valence-corrected chi connectivity index (χ3v) is 5.44. The molecule has 0 saturated carbocycles. The van der Waals surface area contributed by atoms with Crippen LogP contribution in [0.15, 0.2) is 6.07 Å². The summed E-state index contributed by atoms with van der Waals surface area (Å²) in [6.07, 6.45) is 2.99. The second-order valence-corrected chi connectivity index (χ2v) is 6.91. The Kier molecular flexibility index (Phi) is 4.28. The van der Waals surface area contributed by atoms with Gasteiger partial charge in [-0.25, -0.2) is 4.79 Å². The zero-order chi connectivity index (χ0) is 15.0. The summed E-state index contributed by atoms with van der Waals surface area (Å²) in [5, 5.41) is 9.23. The Morgan fingerprint density at radius 2 is 2.24 bits per heavy atom. The van der Waals surface area contributed by atoms with Crippen molar-refractivity contribution in [2.24, 2.45) is 0 Å². The number of amides is 1. The molecule has 0 spiro atoms. The molecule has 1 amide bonds. The highest BCUT2D eigenvalue weighted by molar-refractivity contribution is 14.1. The van der Waals surface area contributed by atoms with Gasteiger partial charge in [-0.2, -0.15) is 0 Å². The van der Waals surface area contributed by atoms with Gasteiger partial charge in [0.05, 0.1) is 10.2 Å². The van der Waals surface area contributed by atoms with E-state index in [1.54, 1.807) is 0 Å². The van der Waals surface area contributed by atoms with Crippen molar-refractivity contribution in [2.75, 3.05) is 19.7 Å². The highest BCUT2D eigenvalue weighted by Gasteiger charge is 2.29. The molecule has 1 aromatic rings. The molecular weight excluding hydrogens is 381 g/mol. The molecule has 2 aliphatic rings. The number of fused-ring (bicyclic) bond motifs is 3. The van der Waals surface area contributed by atoms with Gasteiger partial charge in [-0.15, -0.1) is 0 Å². The zero-order valence-corrected chi connectivity index (χ0v) is 14.4. The van der Waals surface area contributed by atoms with Crippen molar-refractivity contribution in [1.82, 2.24) is 4.90 Å². The van der Waals surface area contributed by atoms with Crippen molar-refractivity contribution in [2.45, 2.75) is 38.5 Å². The van der Waals surface area contributed by atoms with E-state index in [-0.39, 0.29) is 0 Å². The second kappa shape index (κ2) is 6.02. The van der Waals surface area contributed by atoms with E-state index in [1.165, 1.54) is 25.2 Å². The number of carboxylic acid groups (broad SMARTS) is 1. The molecule has 1 N–H and O–H groups in total. The van der Waals surface area contributed by atoms with Crippen molar-refractivity contribution < 1.29 is 14.6 Å². The van der Waals surface area contributed by atoms with Gasteiger partial charge in [0.25, 0.3) is 0 Å². The van der Waals surface area contributed by atoms with Crippen LogP contribution in [0.4, 0.5) is 4.79 Å². The molecule has 21 heavy (non-hydrogen) atoms. The number of hydrogen-bond acceptors (Lipinski definition) is 2. The van der Waals surface area contributed by atoms with Crippen molar-refractivity contribution in [3.8, 4) is 5.75 Å². The Bertz CT molecular complexity index is 573. The van der Waals surface area contributed by atoms with Crippen LogP contribution < -0.4 is 4.74 Å². The summed E-state index contributed by atoms with van der Waals surface area (Å²) in [6.45, 7) is 4.20. The Labute approximate surface area is 138 Å². The van der Waals surface area contributed by atoms with E-state index in [9.17, 15) is 9.90 Å². The SMILES string of the molecule is CCC1CCOc2c(I)cc3c(c21)CCN(C(=O)O)CC3. The largest absolute Gasteiger partial charge is 0.492 e. The smallest absolute Gasteiger partial charge is 0.407 e. The summed E-state index contributed by atoms with van der Waals surface area (Å²) in [5.41, 5.74) is 4.02. The van der Waals surface area contributed by atoms with Gasteiger partial charge in [0.1, 0.15) is 5.75 Å². The van der Waals surface area contributed by atoms with E-state index in [0.717, 1.165) is 38.0 Å². The first-order chi connectivity index (χ1) is 10.1. The fourth-order valence-corrected chi connectivity index (χ4v) is 4.32. The molecule has 114 valence electrons. The first kappa shape index (κ1) is 14.9. The lowest BCUT2D eigenvalue weighted by Crippen LogP contribution is -2.31. The van der Waals surface area contributed by atoms with E-state index in [0.29, 0.717) is 19.0 Å². The Morgan fingerprint density at radius 3 is 2.95 bits per heavy atom. The number of rotatable bonds is 1. The maximum Gasteiger partial charge on any atom is 0.407 e. The predicted octanol–water partition coefficient (Wildman–Crippen LogP) is 3.65. The average Bonchev–Trinajstić information content (AvgIpc) is 2.69. The van der Waals surface area contributed by atoms with Crippen molar-refractivity contribution in [1.29, 1.82) is 0 Å². The fourth-order valence-electron chi connectivity index (χ4n) is 3.50. The molecule has 2 aliphatic heterocycles. The van der Waals surface area contributed by atoms with Gasteiger partial charge in [-0.3, -0.25) is 0 Å². The average molecular weight is 401 g/mol. The van der Waals surface area contributed by atoms with Gasteiger partial charge in [-0.05, 0) is 71.4 Å². The Hall–Kier alpha value is -0.980. The Morgan fingerprint density at radius 1 is 1.48 bits per heavy atom. The minimum atomic E-state index is -0.810. The zero-order valence-electron chi connectivity index (χ0n) is 12.2. The molecule has 2 heterocycles. The molecule has 0 aliphatic carbocycles. The number of halogens is 1. The van der Waals surface area contributed by atoms with Crippen molar-refractivity contribution in [3.05, 3.63) is 26.3 Å². The minimum Gasteiger partial charge on any atom is -0.492 e. The molecule has 5 heteroatoms. The van der Waals surface area contributed by atoms with E-state index in [1.807, 2.05) is 0 Å². The molecule has 4 nitrogen and oxygen atoms in total. The quantitative estimate of drug-likeness (QED) is 0.732. The third-order valence-electron chi connectivity index (χ3n) is 4.64. The maximum atomic E-state index is 11.2. The third kappa shape index (κ3) is 2.72. The molecule has 0 radical (unpaired) electrons. The van der Waals surface area contributed by atoms with Gasteiger partial charge in [0.2, 0.25) is 0 Å². The molecule has 0 bridgehead atoms. The number of ether oxygens (including phenoxy) is 1. The van der Waals surface area contributed by atoms with Crippen LogP contribution in [0.5, 0.6) is 5.75 Å². The van der Waals surface area contributed by atoms with Crippen LogP contribution in [0.2, 0.25) is 0 Å². The van der Waals surface area contributed by atoms with Gasteiger partial charge >= 0.3 is 6.09 Å². The van der Waals surface area contributed by atoms with Gasteiger partial charge < -0.3 is 14.7 Å². The summed E-state index contributed by atoms with van der Waals surface area (Å²) < 4.78 is 7.10. The van der Waals surface area contributed by atoms with Crippen LogP contribution in [0.1, 0.15) is 42.4 Å². The molecule has 3 rings (SSSR count). The van der Waals surface area contributed by atoms with Crippen molar-refractivity contribution in [3.63, 3.8) is 0 Å². The van der Waals surface area contributed by atoms with Crippen LogP contribution >= 0.6 is 22.6 Å². The van der Waals surface area contributed by atoms with E-state index in [2.05, 4.69) is 35.6 Å². The monoisotopic (exact) mass is 401 g/mol. The van der Waals surface area contributed by atoms with Crippen LogP contribution in [-0.4, -0.2) is 35.8 Å². The first-order valence-corrected chi connectivity index (χ1v) is 8.64. The van der Waals surface area contributed by atoms with E-state index >= 15 is 0 Å². The summed E-state index contributed by atoms with van der Waals surface area (Å²) >= 11 is 2.35. The van der Waals surface area contributed by atoms with Crippen LogP contribution in [0.25, 0.3) is 0 Å². The standard InChI is InChI=1S/C16H20INO3/c1-2-10-5-8-21-15-13(17)9-11-3-6-18(16(19)20)7-4-12(11)14(10)15/h9-10H,2-8H2,1H3,(H,19,20). The van der Waals surface area contributed by atoms with Gasteiger partial charge in [0.15, 0.2) is 0 Å². The summed E-state index contributed by atoms with van der Waals surface area (Å²) in [5.74, 6) is 1.60. The lowest BCUT2D eigenvalue weighted by Gasteiger charge is -2.29. The number of benzene rings is 1. The van der Waals surface area contributed by atoms with Crippen LogP contribution in [0.3, 0.4) is 0 Å². The molecular formula is C16H20INO3. The maximum absolute atomic E-state index is 11.2. The van der Waals surface area contributed by atoms with Crippen molar-refractivity contribution >= 4 is 28.7 Å². The summed E-state index contributed by atoms with van der Waals surface area (Å²) in [4.78, 5) is 12.8. The molecule has 0 aromatic heterocycles. The summed E-state index contributed by atoms with van der Waals surface area (Å²) in [7, 11) is 0. The molecule has 1 unspecified atom stereocenters. The number of hydrogen-bond donors (Lipinski definition) is 1. The molecule has 1 aromatic carbocycles. The highest BCUT2D eigenvalue weighted by atomic mass is 127. The van der Waals surface area contributed by atoms with E-state index in [4.69, 9.17) is 4.74 Å². The molecule has 1 atom stereocenters. The van der Waals surface area contributed by atoms with Crippen LogP contribution in [-0.2, 0) is 12.8 Å². The van der Waals surface area contributed by atoms with Gasteiger partial charge in [-0.1, -0.05) is 6.92 Å². The lowest BCUT2D eigenvalue weighted by molar-refractivity contribution is 0.147. The number of nitrogens with zero attached hydrogens (tertiary/aromatic N) is 1. The van der Waals surface area contributed by atoms with E-state index < -0.39 is 6.09 Å². The predicted molar refractivity (Wildman–Crippen MR) is 89.3 cm³/mol. The topological polar surface area (TPSA) is 49.8 Å². The fraction of sp³-hybridized carbons (Fsp3) is 0.562.